The highest BCUT2D eigenvalue weighted by Gasteiger charge is 2.32. The molecule has 0 unspecified atom stereocenters. The van der Waals surface area contributed by atoms with Crippen LogP contribution in [0.15, 0.2) is 53.4 Å². The van der Waals surface area contributed by atoms with Gasteiger partial charge in [-0.1, -0.05) is 43.3 Å². The van der Waals surface area contributed by atoms with Gasteiger partial charge in [-0.05, 0) is 31.0 Å². The summed E-state index contributed by atoms with van der Waals surface area (Å²) in [7, 11) is -3.80. The van der Waals surface area contributed by atoms with Crippen LogP contribution in [0.4, 0.5) is 0 Å². The van der Waals surface area contributed by atoms with E-state index in [9.17, 15) is 18.5 Å². The molecule has 7 nitrogen and oxygen atoms in total. The fourth-order valence-electron chi connectivity index (χ4n) is 3.80. The molecule has 2 heterocycles. The highest BCUT2D eigenvalue weighted by atomic mass is 32.2. The molecule has 0 N–H and O–H groups in total. The van der Waals surface area contributed by atoms with Crippen LogP contribution in [0, 0.1) is 18.3 Å². The Labute approximate surface area is 198 Å². The zero-order valence-corrected chi connectivity index (χ0v) is 20.1. The molecule has 2 aromatic carbocycles. The standard InChI is InChI=1S/C24H24N4O3S2/c1-3-18-8-10-19(11-9-18)23-26-17(2)22(32-23)24(29)27-12-14-28(15-13-27)33(30,31)21-7-5-4-6-20(21)16-25/h4-11H,3,12-15H2,1-2H3. The van der Waals surface area contributed by atoms with Crippen molar-refractivity contribution in [2.75, 3.05) is 26.2 Å². The highest BCUT2D eigenvalue weighted by Crippen LogP contribution is 2.30. The summed E-state index contributed by atoms with van der Waals surface area (Å²) in [5.41, 5.74) is 3.02. The molecule has 0 saturated carbocycles. The maximum Gasteiger partial charge on any atom is 0.265 e. The van der Waals surface area contributed by atoms with E-state index in [1.165, 1.54) is 33.3 Å². The van der Waals surface area contributed by atoms with Crippen molar-refractivity contribution in [2.45, 2.75) is 25.2 Å². The molecule has 1 fully saturated rings. The third kappa shape index (κ3) is 4.55. The Hall–Kier alpha value is -3.06. The molecule has 0 spiro atoms. The number of aromatic nitrogens is 1. The Bertz CT molecular complexity index is 1320. The summed E-state index contributed by atoms with van der Waals surface area (Å²) in [6.07, 6.45) is 0.963. The minimum atomic E-state index is -3.80. The predicted octanol–water partition coefficient (Wildman–Crippen LogP) is 3.70. The first-order valence-corrected chi connectivity index (χ1v) is 13.0. The second-order valence-electron chi connectivity index (χ2n) is 7.79. The van der Waals surface area contributed by atoms with Gasteiger partial charge in [0.05, 0.1) is 16.2 Å². The number of hydrogen-bond acceptors (Lipinski definition) is 6. The van der Waals surface area contributed by atoms with Crippen molar-refractivity contribution in [1.82, 2.24) is 14.2 Å². The molecule has 4 rings (SSSR count). The van der Waals surface area contributed by atoms with E-state index in [2.05, 4.69) is 24.0 Å². The number of carbonyl (C=O) groups is 1. The Kier molecular flexibility index (Phi) is 6.61. The number of amides is 1. The number of carbonyl (C=O) groups excluding carboxylic acids is 1. The van der Waals surface area contributed by atoms with Crippen molar-refractivity contribution in [3.63, 3.8) is 0 Å². The molecule has 33 heavy (non-hydrogen) atoms. The van der Waals surface area contributed by atoms with Crippen LogP contribution in [-0.4, -0.2) is 54.7 Å². The molecule has 0 atom stereocenters. The van der Waals surface area contributed by atoms with Gasteiger partial charge in [-0.15, -0.1) is 11.3 Å². The number of thiazole rings is 1. The molecule has 0 radical (unpaired) electrons. The second-order valence-corrected chi connectivity index (χ2v) is 10.7. The number of rotatable bonds is 5. The van der Waals surface area contributed by atoms with Crippen LogP contribution in [0.25, 0.3) is 10.6 Å². The minimum Gasteiger partial charge on any atom is -0.335 e. The summed E-state index contributed by atoms with van der Waals surface area (Å²) in [6.45, 7) is 4.85. The second kappa shape index (κ2) is 9.43. The molecular weight excluding hydrogens is 456 g/mol. The lowest BCUT2D eigenvalue weighted by Crippen LogP contribution is -2.50. The molecule has 170 valence electrons. The third-order valence-corrected chi connectivity index (χ3v) is 8.90. The average Bonchev–Trinajstić information content (AvgIpc) is 3.25. The maximum atomic E-state index is 13.2. The summed E-state index contributed by atoms with van der Waals surface area (Å²) in [5, 5.41) is 10.1. The third-order valence-electron chi connectivity index (χ3n) is 5.75. The summed E-state index contributed by atoms with van der Waals surface area (Å²) >= 11 is 1.37. The number of benzene rings is 2. The molecule has 1 aromatic heterocycles. The monoisotopic (exact) mass is 480 g/mol. The van der Waals surface area contributed by atoms with Crippen LogP contribution in [0.2, 0.25) is 0 Å². The topological polar surface area (TPSA) is 94.4 Å². The lowest BCUT2D eigenvalue weighted by Gasteiger charge is -2.34. The van der Waals surface area contributed by atoms with Gasteiger partial charge >= 0.3 is 0 Å². The Morgan fingerprint density at radius 3 is 2.39 bits per heavy atom. The SMILES string of the molecule is CCc1ccc(-c2nc(C)c(C(=O)N3CCN(S(=O)(=O)c4ccccc4C#N)CC3)s2)cc1. The van der Waals surface area contributed by atoms with Gasteiger partial charge in [0.25, 0.3) is 5.91 Å². The van der Waals surface area contributed by atoms with E-state index in [4.69, 9.17) is 0 Å². The van der Waals surface area contributed by atoms with Gasteiger partial charge in [-0.3, -0.25) is 4.79 Å². The van der Waals surface area contributed by atoms with Crippen LogP contribution in [0.5, 0.6) is 0 Å². The van der Waals surface area contributed by atoms with Crippen LogP contribution in [0.3, 0.4) is 0 Å². The lowest BCUT2D eigenvalue weighted by molar-refractivity contribution is 0.0702. The van der Waals surface area contributed by atoms with Gasteiger partial charge in [0, 0.05) is 31.7 Å². The average molecular weight is 481 g/mol. The van der Waals surface area contributed by atoms with E-state index in [1.807, 2.05) is 25.1 Å². The highest BCUT2D eigenvalue weighted by molar-refractivity contribution is 7.89. The molecule has 1 saturated heterocycles. The number of sulfonamides is 1. The number of nitrogens with zero attached hydrogens (tertiary/aromatic N) is 4. The van der Waals surface area contributed by atoms with Gasteiger partial charge in [-0.25, -0.2) is 13.4 Å². The summed E-state index contributed by atoms with van der Waals surface area (Å²) in [4.78, 5) is 20.0. The predicted molar refractivity (Wildman–Crippen MR) is 127 cm³/mol. The molecule has 0 aliphatic carbocycles. The van der Waals surface area contributed by atoms with Gasteiger partial charge in [0.15, 0.2) is 0 Å². The number of piperazine rings is 1. The maximum absolute atomic E-state index is 13.2. The molecule has 9 heteroatoms. The molecule has 1 amide bonds. The van der Waals surface area contributed by atoms with E-state index in [-0.39, 0.29) is 42.5 Å². The molecule has 1 aliphatic rings. The van der Waals surface area contributed by atoms with Crippen LogP contribution in [0.1, 0.15) is 33.4 Å². The lowest BCUT2D eigenvalue weighted by atomic mass is 10.1. The van der Waals surface area contributed by atoms with E-state index >= 15 is 0 Å². The first-order valence-electron chi connectivity index (χ1n) is 10.7. The Morgan fingerprint density at radius 2 is 1.76 bits per heavy atom. The van der Waals surface area contributed by atoms with Crippen molar-refractivity contribution in [2.24, 2.45) is 0 Å². The number of aryl methyl sites for hydroxylation is 2. The first kappa shape index (κ1) is 23.1. The Balaban J connectivity index is 1.48. The molecule has 1 aliphatic heterocycles. The molecular formula is C24H24N4O3S2. The number of hydrogen-bond donors (Lipinski definition) is 0. The minimum absolute atomic E-state index is 0.00399. The first-order chi connectivity index (χ1) is 15.8. The summed E-state index contributed by atoms with van der Waals surface area (Å²) in [5.74, 6) is -0.129. The van der Waals surface area contributed by atoms with E-state index in [1.54, 1.807) is 17.0 Å². The number of nitriles is 1. The quantitative estimate of drug-likeness (QED) is 0.555. The van der Waals surface area contributed by atoms with Gasteiger partial charge < -0.3 is 4.90 Å². The van der Waals surface area contributed by atoms with Crippen LogP contribution < -0.4 is 0 Å². The van der Waals surface area contributed by atoms with Crippen molar-refractivity contribution in [3.05, 3.63) is 70.2 Å². The van der Waals surface area contributed by atoms with Gasteiger partial charge in [-0.2, -0.15) is 9.57 Å². The zero-order chi connectivity index (χ0) is 23.6. The normalized spacial score (nSPS) is 14.8. The van der Waals surface area contributed by atoms with Crippen molar-refractivity contribution in [1.29, 1.82) is 5.26 Å². The summed E-state index contributed by atoms with van der Waals surface area (Å²) < 4.78 is 27.4. The van der Waals surface area contributed by atoms with E-state index < -0.39 is 10.0 Å². The zero-order valence-electron chi connectivity index (χ0n) is 18.5. The Morgan fingerprint density at radius 1 is 1.09 bits per heavy atom. The van der Waals surface area contributed by atoms with Crippen molar-refractivity contribution < 1.29 is 13.2 Å². The van der Waals surface area contributed by atoms with Gasteiger partial charge in [0.2, 0.25) is 10.0 Å². The van der Waals surface area contributed by atoms with Gasteiger partial charge in [0.1, 0.15) is 16.0 Å². The van der Waals surface area contributed by atoms with E-state index in [0.29, 0.717) is 10.6 Å². The smallest absolute Gasteiger partial charge is 0.265 e. The molecule has 0 bridgehead atoms. The van der Waals surface area contributed by atoms with Crippen LogP contribution in [-0.2, 0) is 16.4 Å². The van der Waals surface area contributed by atoms with E-state index in [0.717, 1.165) is 17.0 Å². The molecule has 3 aromatic rings. The fourth-order valence-corrected chi connectivity index (χ4v) is 6.40. The van der Waals surface area contributed by atoms with Crippen molar-refractivity contribution >= 4 is 27.3 Å². The fraction of sp³-hybridized carbons (Fsp3) is 0.292. The largest absolute Gasteiger partial charge is 0.335 e. The van der Waals surface area contributed by atoms with Crippen molar-refractivity contribution in [3.8, 4) is 16.6 Å². The van der Waals surface area contributed by atoms with Crippen LogP contribution >= 0.6 is 11.3 Å². The summed E-state index contributed by atoms with van der Waals surface area (Å²) in [6, 6.07) is 16.3.